The fraction of sp³-hybridized carbons (Fsp3) is 0.115. The number of carbonyl (C=O) groups is 2. The Morgan fingerprint density at radius 3 is 2.47 bits per heavy atom. The minimum absolute atomic E-state index is 0.0813. The molecule has 2 N–H and O–H groups in total. The lowest BCUT2D eigenvalue weighted by molar-refractivity contribution is -0.118. The standard InChI is InChI=1S/C26H21N5O2S/c1-15(2)24(32)31-26-30-22-13-17(7-8-23(22)34-26)28-25(33)19-14-21(16-9-11-27-12-10-16)29-20-6-4-3-5-18(19)20/h3-15H,1-2H3,(H,28,33)(H,30,31,32). The lowest BCUT2D eigenvalue weighted by Gasteiger charge is -2.11. The second-order valence-corrected chi connectivity index (χ2v) is 9.14. The number of hydrogen-bond acceptors (Lipinski definition) is 6. The largest absolute Gasteiger partial charge is 0.322 e. The molecule has 0 aliphatic carbocycles. The van der Waals surface area contributed by atoms with Gasteiger partial charge in [0.05, 0.1) is 27.0 Å². The number of hydrogen-bond donors (Lipinski definition) is 2. The van der Waals surface area contributed by atoms with E-state index in [0.717, 1.165) is 21.2 Å². The Balaban J connectivity index is 1.47. The number of fused-ring (bicyclic) bond motifs is 2. The zero-order chi connectivity index (χ0) is 23.7. The van der Waals surface area contributed by atoms with E-state index in [-0.39, 0.29) is 17.7 Å². The van der Waals surface area contributed by atoms with Crippen LogP contribution >= 0.6 is 11.3 Å². The minimum Gasteiger partial charge on any atom is -0.322 e. The topological polar surface area (TPSA) is 96.9 Å². The molecule has 8 heteroatoms. The third kappa shape index (κ3) is 4.35. The van der Waals surface area contributed by atoms with Gasteiger partial charge in [0.15, 0.2) is 5.13 Å². The van der Waals surface area contributed by atoms with Crippen LogP contribution in [0.4, 0.5) is 10.8 Å². The Labute approximate surface area is 199 Å². The highest BCUT2D eigenvalue weighted by Crippen LogP contribution is 2.30. The normalized spacial score (nSPS) is 11.1. The number of rotatable bonds is 5. The Morgan fingerprint density at radius 1 is 0.882 bits per heavy atom. The molecule has 168 valence electrons. The van der Waals surface area contributed by atoms with Crippen LogP contribution in [0.2, 0.25) is 0 Å². The van der Waals surface area contributed by atoms with E-state index in [1.807, 2.05) is 68.4 Å². The number of carbonyl (C=O) groups excluding carboxylic acids is 2. The first-order valence-corrected chi connectivity index (χ1v) is 11.6. The molecule has 0 saturated heterocycles. The van der Waals surface area contributed by atoms with E-state index in [0.29, 0.717) is 27.6 Å². The summed E-state index contributed by atoms with van der Waals surface area (Å²) >= 11 is 1.40. The number of pyridine rings is 2. The van der Waals surface area contributed by atoms with Gasteiger partial charge in [-0.1, -0.05) is 43.4 Å². The summed E-state index contributed by atoms with van der Waals surface area (Å²) < 4.78 is 0.923. The van der Waals surface area contributed by atoms with Crippen LogP contribution in [0.25, 0.3) is 32.4 Å². The molecule has 3 heterocycles. The van der Waals surface area contributed by atoms with E-state index in [9.17, 15) is 9.59 Å². The van der Waals surface area contributed by atoms with Crippen molar-refractivity contribution < 1.29 is 9.59 Å². The monoisotopic (exact) mass is 467 g/mol. The highest BCUT2D eigenvalue weighted by molar-refractivity contribution is 7.22. The molecular formula is C26H21N5O2S. The van der Waals surface area contributed by atoms with Crippen LogP contribution in [0.1, 0.15) is 24.2 Å². The van der Waals surface area contributed by atoms with Crippen molar-refractivity contribution in [2.75, 3.05) is 10.6 Å². The van der Waals surface area contributed by atoms with Crippen molar-refractivity contribution in [1.29, 1.82) is 0 Å². The first-order valence-electron chi connectivity index (χ1n) is 10.8. The SMILES string of the molecule is CC(C)C(=O)Nc1nc2cc(NC(=O)c3cc(-c4ccncc4)nc4ccccc34)ccc2s1. The second kappa shape index (κ2) is 8.99. The summed E-state index contributed by atoms with van der Waals surface area (Å²) in [5.74, 6) is -0.451. The van der Waals surface area contributed by atoms with Crippen molar-refractivity contribution in [3.63, 3.8) is 0 Å². The third-order valence-corrected chi connectivity index (χ3v) is 6.29. The molecule has 3 aromatic heterocycles. The summed E-state index contributed by atoms with van der Waals surface area (Å²) in [5.41, 5.74) is 4.18. The Bertz CT molecular complexity index is 1530. The van der Waals surface area contributed by atoms with Crippen LogP contribution in [-0.2, 0) is 4.79 Å². The molecule has 5 aromatic rings. The Kier molecular flexibility index (Phi) is 5.73. The van der Waals surface area contributed by atoms with E-state index < -0.39 is 0 Å². The van der Waals surface area contributed by atoms with Crippen LogP contribution < -0.4 is 10.6 Å². The van der Waals surface area contributed by atoms with Crippen molar-refractivity contribution in [2.24, 2.45) is 5.92 Å². The van der Waals surface area contributed by atoms with Gasteiger partial charge in [0.1, 0.15) is 0 Å². The maximum Gasteiger partial charge on any atom is 0.256 e. The molecule has 0 aliphatic rings. The van der Waals surface area contributed by atoms with Gasteiger partial charge in [0, 0.05) is 34.9 Å². The molecule has 0 spiro atoms. The second-order valence-electron chi connectivity index (χ2n) is 8.11. The average Bonchev–Trinajstić information content (AvgIpc) is 3.25. The van der Waals surface area contributed by atoms with Gasteiger partial charge >= 0.3 is 0 Å². The lowest BCUT2D eigenvalue weighted by Crippen LogP contribution is -2.17. The first kappa shape index (κ1) is 21.7. The molecule has 2 aromatic carbocycles. The van der Waals surface area contributed by atoms with E-state index in [1.165, 1.54) is 11.3 Å². The fourth-order valence-electron chi connectivity index (χ4n) is 3.54. The number of anilines is 2. The molecule has 34 heavy (non-hydrogen) atoms. The molecule has 0 atom stereocenters. The van der Waals surface area contributed by atoms with Crippen LogP contribution in [-0.4, -0.2) is 26.8 Å². The van der Waals surface area contributed by atoms with Crippen molar-refractivity contribution >= 4 is 55.1 Å². The van der Waals surface area contributed by atoms with Crippen LogP contribution in [0.3, 0.4) is 0 Å². The minimum atomic E-state index is -0.239. The summed E-state index contributed by atoms with van der Waals surface area (Å²) in [5, 5.41) is 7.13. The first-order chi connectivity index (χ1) is 16.5. The van der Waals surface area contributed by atoms with Crippen LogP contribution in [0.5, 0.6) is 0 Å². The smallest absolute Gasteiger partial charge is 0.256 e. The summed E-state index contributed by atoms with van der Waals surface area (Å²) in [6.45, 7) is 3.67. The number of benzene rings is 2. The average molecular weight is 468 g/mol. The number of aromatic nitrogens is 3. The number of thiazole rings is 1. The molecule has 0 aliphatic heterocycles. The van der Waals surface area contributed by atoms with Gasteiger partial charge in [-0.25, -0.2) is 9.97 Å². The van der Waals surface area contributed by atoms with Gasteiger partial charge in [-0.2, -0.15) is 0 Å². The van der Waals surface area contributed by atoms with Crippen molar-refractivity contribution in [3.8, 4) is 11.3 Å². The molecule has 0 saturated carbocycles. The molecule has 5 rings (SSSR count). The molecular weight excluding hydrogens is 446 g/mol. The van der Waals surface area contributed by atoms with Crippen molar-refractivity contribution in [2.45, 2.75) is 13.8 Å². The predicted octanol–water partition coefficient (Wildman–Crippen LogP) is 5.75. The number of para-hydroxylation sites is 1. The van der Waals surface area contributed by atoms with Gasteiger partial charge in [-0.15, -0.1) is 0 Å². The van der Waals surface area contributed by atoms with E-state index in [1.54, 1.807) is 18.5 Å². The van der Waals surface area contributed by atoms with E-state index in [4.69, 9.17) is 4.98 Å². The van der Waals surface area contributed by atoms with Gasteiger partial charge in [-0.3, -0.25) is 14.6 Å². The summed E-state index contributed by atoms with van der Waals surface area (Å²) in [7, 11) is 0. The predicted molar refractivity (Wildman–Crippen MR) is 136 cm³/mol. The molecule has 0 bridgehead atoms. The fourth-order valence-corrected chi connectivity index (χ4v) is 4.39. The number of nitrogens with one attached hydrogen (secondary N) is 2. The zero-order valence-electron chi connectivity index (χ0n) is 18.6. The molecule has 2 amide bonds. The summed E-state index contributed by atoms with van der Waals surface area (Å²) in [6, 6.07) is 18.6. The maximum absolute atomic E-state index is 13.3. The van der Waals surface area contributed by atoms with Gasteiger partial charge < -0.3 is 10.6 Å². The Hall–Kier alpha value is -4.17. The van der Waals surface area contributed by atoms with Crippen LogP contribution in [0, 0.1) is 5.92 Å². The molecule has 0 fully saturated rings. The highest BCUT2D eigenvalue weighted by atomic mass is 32.1. The third-order valence-electron chi connectivity index (χ3n) is 5.34. The number of amides is 2. The van der Waals surface area contributed by atoms with Gasteiger partial charge in [-0.05, 0) is 42.5 Å². The molecule has 0 radical (unpaired) electrons. The molecule has 7 nitrogen and oxygen atoms in total. The Morgan fingerprint density at radius 2 is 1.68 bits per heavy atom. The quantitative estimate of drug-likeness (QED) is 0.343. The van der Waals surface area contributed by atoms with Crippen LogP contribution in [0.15, 0.2) is 73.1 Å². The zero-order valence-corrected chi connectivity index (χ0v) is 19.4. The molecule has 0 unspecified atom stereocenters. The lowest BCUT2D eigenvalue weighted by atomic mass is 10.0. The number of nitrogens with zero attached hydrogens (tertiary/aromatic N) is 3. The van der Waals surface area contributed by atoms with E-state index in [2.05, 4.69) is 20.6 Å². The van der Waals surface area contributed by atoms with Crippen molar-refractivity contribution in [1.82, 2.24) is 15.0 Å². The summed E-state index contributed by atoms with van der Waals surface area (Å²) in [4.78, 5) is 38.6. The van der Waals surface area contributed by atoms with Crippen molar-refractivity contribution in [3.05, 3.63) is 78.6 Å². The van der Waals surface area contributed by atoms with Gasteiger partial charge in [0.2, 0.25) is 5.91 Å². The van der Waals surface area contributed by atoms with Gasteiger partial charge in [0.25, 0.3) is 5.91 Å². The highest BCUT2D eigenvalue weighted by Gasteiger charge is 2.16. The van der Waals surface area contributed by atoms with E-state index >= 15 is 0 Å². The summed E-state index contributed by atoms with van der Waals surface area (Å²) in [6.07, 6.45) is 3.40. The maximum atomic E-state index is 13.3.